The molecule has 0 saturated carbocycles. The smallest absolute Gasteiger partial charge is 0.251 e. The second kappa shape index (κ2) is 9.60. The summed E-state index contributed by atoms with van der Waals surface area (Å²) in [6, 6.07) is 3.87. The lowest BCUT2D eigenvalue weighted by Crippen LogP contribution is -2.55. The van der Waals surface area contributed by atoms with Crippen LogP contribution in [0.5, 0.6) is 0 Å². The van der Waals surface area contributed by atoms with E-state index < -0.39 is 0 Å². The maximum Gasteiger partial charge on any atom is 0.251 e. The van der Waals surface area contributed by atoms with E-state index in [9.17, 15) is 4.79 Å². The van der Waals surface area contributed by atoms with Crippen molar-refractivity contribution in [3.8, 4) is 0 Å². The fourth-order valence-electron chi connectivity index (χ4n) is 3.34. The molecule has 2 aliphatic heterocycles. The van der Waals surface area contributed by atoms with E-state index in [0.29, 0.717) is 26.2 Å². The maximum absolute atomic E-state index is 12.5. The van der Waals surface area contributed by atoms with Crippen LogP contribution in [0.3, 0.4) is 0 Å². The van der Waals surface area contributed by atoms with Crippen LogP contribution in [0.15, 0.2) is 40.0 Å². The summed E-state index contributed by atoms with van der Waals surface area (Å²) in [7, 11) is 0. The van der Waals surface area contributed by atoms with Crippen molar-refractivity contribution in [2.24, 2.45) is 4.99 Å². The average Bonchev–Trinajstić information content (AvgIpc) is 3.38. The Kier molecular flexibility index (Phi) is 6.92. The summed E-state index contributed by atoms with van der Waals surface area (Å²) < 4.78 is 10.9. The van der Waals surface area contributed by atoms with Crippen LogP contribution in [0.25, 0.3) is 0 Å². The van der Waals surface area contributed by atoms with Gasteiger partial charge in [-0.05, 0) is 31.9 Å². The first-order valence-electron chi connectivity index (χ1n) is 9.74. The first-order chi connectivity index (χ1) is 13.1. The first kappa shape index (κ1) is 19.5. The highest BCUT2D eigenvalue weighted by Crippen LogP contribution is 2.16. The number of nitrogens with zero attached hydrogens (tertiary/aromatic N) is 3. The fourth-order valence-corrected chi connectivity index (χ4v) is 3.34. The molecule has 2 fully saturated rings. The van der Waals surface area contributed by atoms with Crippen molar-refractivity contribution < 1.29 is 13.9 Å². The van der Waals surface area contributed by atoms with E-state index in [0.717, 1.165) is 56.2 Å². The Hall–Kier alpha value is -2.28. The third-order valence-electron chi connectivity index (χ3n) is 4.83. The van der Waals surface area contributed by atoms with E-state index in [1.165, 1.54) is 0 Å². The van der Waals surface area contributed by atoms with Gasteiger partial charge in [0.15, 0.2) is 5.96 Å². The standard InChI is InChI=1S/C20H30N4O3/c1-16(2)15-22-20(21-8-7-17-5-3-13-26-17)24-11-9-23(10-12-24)19(25)18-6-4-14-27-18/h3,5,13,18H,1,4,6-12,14-15H2,2H3,(H,21,22). The van der Waals surface area contributed by atoms with Gasteiger partial charge in [-0.2, -0.15) is 0 Å². The van der Waals surface area contributed by atoms with Gasteiger partial charge in [0, 0.05) is 45.8 Å². The number of nitrogens with one attached hydrogen (secondary N) is 1. The summed E-state index contributed by atoms with van der Waals surface area (Å²) in [4.78, 5) is 21.3. The molecular weight excluding hydrogens is 344 g/mol. The zero-order chi connectivity index (χ0) is 19.1. The molecule has 2 saturated heterocycles. The van der Waals surface area contributed by atoms with Crippen molar-refractivity contribution in [1.29, 1.82) is 0 Å². The normalized spacial score (nSPS) is 20.8. The molecule has 1 N–H and O–H groups in total. The van der Waals surface area contributed by atoms with E-state index in [4.69, 9.17) is 9.15 Å². The van der Waals surface area contributed by atoms with Gasteiger partial charge in [0.2, 0.25) is 0 Å². The van der Waals surface area contributed by atoms with Crippen LogP contribution in [0, 0.1) is 0 Å². The molecule has 2 aliphatic rings. The molecule has 1 aromatic rings. The lowest BCUT2D eigenvalue weighted by molar-refractivity contribution is -0.142. The van der Waals surface area contributed by atoms with Gasteiger partial charge in [-0.25, -0.2) is 4.99 Å². The summed E-state index contributed by atoms with van der Waals surface area (Å²) in [5.74, 6) is 1.96. The zero-order valence-corrected chi connectivity index (χ0v) is 16.2. The third kappa shape index (κ3) is 5.60. The van der Waals surface area contributed by atoms with Gasteiger partial charge in [-0.3, -0.25) is 4.79 Å². The van der Waals surface area contributed by atoms with E-state index in [1.54, 1.807) is 6.26 Å². The molecule has 1 atom stereocenters. The van der Waals surface area contributed by atoms with Gasteiger partial charge in [0.25, 0.3) is 5.91 Å². The highest BCUT2D eigenvalue weighted by atomic mass is 16.5. The molecule has 0 radical (unpaired) electrons. The largest absolute Gasteiger partial charge is 0.469 e. The number of amides is 1. The van der Waals surface area contributed by atoms with Gasteiger partial charge in [-0.15, -0.1) is 0 Å². The van der Waals surface area contributed by atoms with Crippen LogP contribution in [0.1, 0.15) is 25.5 Å². The molecular formula is C20H30N4O3. The Morgan fingerprint density at radius 3 is 2.74 bits per heavy atom. The van der Waals surface area contributed by atoms with Crippen molar-refractivity contribution in [1.82, 2.24) is 15.1 Å². The highest BCUT2D eigenvalue weighted by molar-refractivity contribution is 5.83. The molecule has 1 aromatic heterocycles. The van der Waals surface area contributed by atoms with Crippen LogP contribution in [0.2, 0.25) is 0 Å². The van der Waals surface area contributed by atoms with Gasteiger partial charge < -0.3 is 24.3 Å². The topological polar surface area (TPSA) is 70.3 Å². The summed E-state index contributed by atoms with van der Waals surface area (Å²) >= 11 is 0. The Morgan fingerprint density at radius 1 is 1.33 bits per heavy atom. The summed E-state index contributed by atoms with van der Waals surface area (Å²) in [5, 5.41) is 3.43. The number of aliphatic imine (C=N–C) groups is 1. The number of hydrogen-bond acceptors (Lipinski definition) is 4. The third-order valence-corrected chi connectivity index (χ3v) is 4.83. The molecule has 0 aliphatic carbocycles. The average molecular weight is 374 g/mol. The van der Waals surface area contributed by atoms with Gasteiger partial charge >= 0.3 is 0 Å². The maximum atomic E-state index is 12.5. The Labute approximate surface area is 161 Å². The van der Waals surface area contributed by atoms with Crippen LogP contribution >= 0.6 is 0 Å². The molecule has 7 nitrogen and oxygen atoms in total. The van der Waals surface area contributed by atoms with E-state index >= 15 is 0 Å². The Bertz CT molecular complexity index is 642. The second-order valence-corrected chi connectivity index (χ2v) is 7.17. The number of rotatable bonds is 6. The lowest BCUT2D eigenvalue weighted by Gasteiger charge is -2.37. The van der Waals surface area contributed by atoms with Crippen molar-refractivity contribution in [3.05, 3.63) is 36.3 Å². The van der Waals surface area contributed by atoms with Crippen molar-refractivity contribution in [2.75, 3.05) is 45.9 Å². The SMILES string of the molecule is C=C(C)CN=C(NCCc1ccco1)N1CCN(C(=O)C2CCCO2)CC1. The fraction of sp³-hybridized carbons (Fsp3) is 0.600. The highest BCUT2D eigenvalue weighted by Gasteiger charge is 2.30. The number of piperazine rings is 1. The van der Waals surface area contributed by atoms with Crippen LogP contribution in [-0.4, -0.2) is 73.6 Å². The predicted octanol–water partition coefficient (Wildman–Crippen LogP) is 1.67. The van der Waals surface area contributed by atoms with Crippen molar-refractivity contribution in [2.45, 2.75) is 32.3 Å². The Balaban J connectivity index is 1.52. The number of carbonyl (C=O) groups excluding carboxylic acids is 1. The monoisotopic (exact) mass is 374 g/mol. The van der Waals surface area contributed by atoms with Gasteiger partial charge in [-0.1, -0.05) is 12.2 Å². The van der Waals surface area contributed by atoms with E-state index in [1.807, 2.05) is 24.0 Å². The summed E-state index contributed by atoms with van der Waals surface area (Å²) in [5.41, 5.74) is 1.02. The minimum Gasteiger partial charge on any atom is -0.469 e. The first-order valence-corrected chi connectivity index (χ1v) is 9.74. The molecule has 7 heteroatoms. The molecule has 0 aromatic carbocycles. The number of hydrogen-bond donors (Lipinski definition) is 1. The van der Waals surface area contributed by atoms with Crippen LogP contribution < -0.4 is 5.32 Å². The van der Waals surface area contributed by atoms with Gasteiger partial charge in [0.1, 0.15) is 11.9 Å². The van der Waals surface area contributed by atoms with E-state index in [2.05, 4.69) is 21.8 Å². The molecule has 1 amide bonds. The minimum absolute atomic E-state index is 0.137. The van der Waals surface area contributed by atoms with Crippen LogP contribution in [0.4, 0.5) is 0 Å². The van der Waals surface area contributed by atoms with Crippen molar-refractivity contribution >= 4 is 11.9 Å². The van der Waals surface area contributed by atoms with Crippen molar-refractivity contribution in [3.63, 3.8) is 0 Å². The van der Waals surface area contributed by atoms with E-state index in [-0.39, 0.29) is 12.0 Å². The number of ether oxygens (including phenoxy) is 1. The molecule has 3 heterocycles. The quantitative estimate of drug-likeness (QED) is 0.466. The number of guanidine groups is 1. The summed E-state index contributed by atoms with van der Waals surface area (Å²) in [6.45, 7) is 10.9. The lowest BCUT2D eigenvalue weighted by atomic mass is 10.2. The molecule has 148 valence electrons. The van der Waals surface area contributed by atoms with Crippen LogP contribution in [-0.2, 0) is 16.0 Å². The molecule has 27 heavy (non-hydrogen) atoms. The second-order valence-electron chi connectivity index (χ2n) is 7.17. The predicted molar refractivity (Wildman–Crippen MR) is 105 cm³/mol. The molecule has 0 spiro atoms. The molecule has 3 rings (SSSR count). The number of carbonyl (C=O) groups is 1. The number of furan rings is 1. The molecule has 0 bridgehead atoms. The van der Waals surface area contributed by atoms with Gasteiger partial charge in [0.05, 0.1) is 12.8 Å². The minimum atomic E-state index is -0.237. The zero-order valence-electron chi connectivity index (χ0n) is 16.2. The summed E-state index contributed by atoms with van der Waals surface area (Å²) in [6.07, 6.45) is 4.08. The Morgan fingerprint density at radius 2 is 2.11 bits per heavy atom. The molecule has 1 unspecified atom stereocenters.